The average Bonchev–Trinajstić information content (AvgIpc) is 2.92. The molecule has 1 aromatic carbocycles. The van der Waals surface area contributed by atoms with Crippen molar-refractivity contribution in [2.75, 3.05) is 26.2 Å². The van der Waals surface area contributed by atoms with Crippen LogP contribution in [0.2, 0.25) is 5.02 Å². The van der Waals surface area contributed by atoms with E-state index in [0.29, 0.717) is 13.1 Å². The summed E-state index contributed by atoms with van der Waals surface area (Å²) in [6, 6.07) is 7.72. The first-order valence-electron chi connectivity index (χ1n) is 9.22. The van der Waals surface area contributed by atoms with Crippen LogP contribution in [0.25, 0.3) is 0 Å². The van der Waals surface area contributed by atoms with E-state index in [-0.39, 0.29) is 43.6 Å². The summed E-state index contributed by atoms with van der Waals surface area (Å²) in [4.78, 5) is 2.34. The fourth-order valence-corrected chi connectivity index (χ4v) is 4.14. The van der Waals surface area contributed by atoms with E-state index >= 15 is 0 Å². The van der Waals surface area contributed by atoms with Crippen LogP contribution in [0, 0.1) is 5.92 Å². The number of rotatable bonds is 6. The molecular weight excluding hydrogens is 411 g/mol. The van der Waals surface area contributed by atoms with Gasteiger partial charge in [-0.3, -0.25) is 4.90 Å². The minimum absolute atomic E-state index is 0. The van der Waals surface area contributed by atoms with Crippen molar-refractivity contribution in [3.05, 3.63) is 34.9 Å². The number of hydrogen-bond donors (Lipinski definition) is 3. The third-order valence-corrected chi connectivity index (χ3v) is 5.68. The largest absolute Gasteiger partial charge is 0.394 e. The molecule has 0 spiro atoms. The summed E-state index contributed by atoms with van der Waals surface area (Å²) in [7, 11) is 0. The Morgan fingerprint density at radius 3 is 2.56 bits per heavy atom. The molecule has 2 heterocycles. The second kappa shape index (κ2) is 11.8. The zero-order valence-corrected chi connectivity index (χ0v) is 18.0. The van der Waals surface area contributed by atoms with Crippen LogP contribution in [0.5, 0.6) is 0 Å². The first-order valence-corrected chi connectivity index (χ1v) is 9.60. The zero-order chi connectivity index (χ0) is 17.8. The molecule has 0 unspecified atom stereocenters. The van der Waals surface area contributed by atoms with E-state index in [1.807, 2.05) is 24.3 Å². The summed E-state index contributed by atoms with van der Waals surface area (Å²) in [6.45, 7) is 5.43. The standard InChI is InChI=1S/C19H29ClN2O3.2ClH/c1-13-5-7-22(8-6-13)18-16(25-17(12-23)19(18)24)11-21-10-14-3-2-4-15(20)9-14;;/h2-4,9,13,16-19,21,23-24H,5-8,10-12H2,1H3;2*1H/t16-,17+,18+,19-;;/m1../s1. The third-order valence-electron chi connectivity index (χ3n) is 5.44. The normalized spacial score (nSPS) is 29.2. The van der Waals surface area contributed by atoms with Gasteiger partial charge in [0.05, 0.1) is 18.8 Å². The zero-order valence-electron chi connectivity index (χ0n) is 15.6. The quantitative estimate of drug-likeness (QED) is 0.633. The Labute approximate surface area is 179 Å². The number of nitrogens with zero attached hydrogens (tertiary/aromatic N) is 1. The molecule has 0 radical (unpaired) electrons. The van der Waals surface area contributed by atoms with Gasteiger partial charge in [-0.25, -0.2) is 0 Å². The van der Waals surface area contributed by atoms with Crippen LogP contribution in [-0.4, -0.2) is 65.7 Å². The number of ether oxygens (including phenoxy) is 1. The molecule has 0 aromatic heterocycles. The molecular formula is C19H31Cl3N2O3. The predicted octanol–water partition coefficient (Wildman–Crippen LogP) is 2.49. The minimum Gasteiger partial charge on any atom is -0.394 e. The lowest BCUT2D eigenvalue weighted by Gasteiger charge is -2.38. The van der Waals surface area contributed by atoms with Crippen LogP contribution in [0.3, 0.4) is 0 Å². The number of likely N-dealkylation sites (tertiary alicyclic amines) is 1. The van der Waals surface area contributed by atoms with Gasteiger partial charge in [0.25, 0.3) is 0 Å². The summed E-state index contributed by atoms with van der Waals surface area (Å²) in [5, 5.41) is 24.3. The maximum absolute atomic E-state index is 10.6. The molecule has 156 valence electrons. The predicted molar refractivity (Wildman–Crippen MR) is 113 cm³/mol. The molecule has 0 saturated carbocycles. The van der Waals surface area contributed by atoms with Crippen LogP contribution in [0.1, 0.15) is 25.3 Å². The molecule has 4 atom stereocenters. The van der Waals surface area contributed by atoms with Crippen LogP contribution < -0.4 is 5.32 Å². The summed E-state index contributed by atoms with van der Waals surface area (Å²) >= 11 is 6.02. The Bertz CT molecular complexity index is 559. The highest BCUT2D eigenvalue weighted by Gasteiger charge is 2.46. The molecule has 2 fully saturated rings. The van der Waals surface area contributed by atoms with Gasteiger partial charge in [0.2, 0.25) is 0 Å². The Kier molecular flexibility index (Phi) is 10.9. The second-order valence-corrected chi connectivity index (χ2v) is 7.79. The second-order valence-electron chi connectivity index (χ2n) is 7.36. The van der Waals surface area contributed by atoms with Gasteiger partial charge in [0.15, 0.2) is 0 Å². The first-order chi connectivity index (χ1) is 12.1. The molecule has 3 N–H and O–H groups in total. The van der Waals surface area contributed by atoms with Crippen molar-refractivity contribution in [2.45, 2.75) is 50.7 Å². The fraction of sp³-hybridized carbons (Fsp3) is 0.684. The van der Waals surface area contributed by atoms with Crippen LogP contribution in [-0.2, 0) is 11.3 Å². The van der Waals surface area contributed by atoms with E-state index in [4.69, 9.17) is 16.3 Å². The van der Waals surface area contributed by atoms with Gasteiger partial charge in [-0.2, -0.15) is 0 Å². The van der Waals surface area contributed by atoms with Crippen molar-refractivity contribution in [3.8, 4) is 0 Å². The summed E-state index contributed by atoms with van der Waals surface area (Å²) < 4.78 is 5.95. The highest BCUT2D eigenvalue weighted by molar-refractivity contribution is 6.30. The SMILES string of the molecule is CC1CCN([C@@H]2[C@H](O)[C@H](CO)O[C@@H]2CNCc2cccc(Cl)c2)CC1.Cl.Cl. The highest BCUT2D eigenvalue weighted by Crippen LogP contribution is 2.29. The lowest BCUT2D eigenvalue weighted by molar-refractivity contribution is -0.0213. The van der Waals surface area contributed by atoms with Crippen molar-refractivity contribution in [2.24, 2.45) is 5.92 Å². The first kappa shape index (κ1) is 24.9. The van der Waals surface area contributed by atoms with Gasteiger partial charge in [0.1, 0.15) is 12.2 Å². The minimum atomic E-state index is -0.642. The van der Waals surface area contributed by atoms with Gasteiger partial charge >= 0.3 is 0 Å². The number of hydrogen-bond acceptors (Lipinski definition) is 5. The Balaban J connectivity index is 0.00000182. The molecule has 3 rings (SSSR count). The molecule has 1 aromatic rings. The van der Waals surface area contributed by atoms with Gasteiger partial charge in [-0.05, 0) is 49.5 Å². The highest BCUT2D eigenvalue weighted by atomic mass is 35.5. The van der Waals surface area contributed by atoms with Crippen molar-refractivity contribution in [1.29, 1.82) is 0 Å². The van der Waals surface area contributed by atoms with Crippen molar-refractivity contribution in [1.82, 2.24) is 10.2 Å². The van der Waals surface area contributed by atoms with Crippen LogP contribution >= 0.6 is 36.4 Å². The van der Waals surface area contributed by atoms with Gasteiger partial charge in [-0.1, -0.05) is 30.7 Å². The summed E-state index contributed by atoms with van der Waals surface area (Å²) in [5.74, 6) is 0.740. The van der Waals surface area contributed by atoms with Gasteiger partial charge < -0.3 is 20.3 Å². The van der Waals surface area contributed by atoms with E-state index in [0.717, 1.165) is 42.4 Å². The van der Waals surface area contributed by atoms with Gasteiger partial charge in [0, 0.05) is 18.1 Å². The molecule has 0 aliphatic carbocycles. The molecule has 5 nitrogen and oxygen atoms in total. The number of aliphatic hydroxyl groups is 2. The van der Waals surface area contributed by atoms with Crippen molar-refractivity contribution < 1.29 is 14.9 Å². The number of benzene rings is 1. The van der Waals surface area contributed by atoms with Crippen LogP contribution in [0.15, 0.2) is 24.3 Å². The Morgan fingerprint density at radius 1 is 1.22 bits per heavy atom. The number of nitrogens with one attached hydrogen (secondary N) is 1. The molecule has 2 saturated heterocycles. The van der Waals surface area contributed by atoms with E-state index in [9.17, 15) is 10.2 Å². The Hall–Kier alpha value is -0.110. The van der Waals surface area contributed by atoms with E-state index < -0.39 is 12.2 Å². The maximum atomic E-state index is 10.6. The molecule has 27 heavy (non-hydrogen) atoms. The van der Waals surface area contributed by atoms with E-state index in [1.54, 1.807) is 0 Å². The van der Waals surface area contributed by atoms with Crippen molar-refractivity contribution in [3.63, 3.8) is 0 Å². The molecule has 2 aliphatic rings. The van der Waals surface area contributed by atoms with E-state index in [1.165, 1.54) is 0 Å². The molecule has 8 heteroatoms. The fourth-order valence-electron chi connectivity index (χ4n) is 3.93. The monoisotopic (exact) mass is 440 g/mol. The number of aliphatic hydroxyl groups excluding tert-OH is 2. The molecule has 0 bridgehead atoms. The summed E-state index contributed by atoms with van der Waals surface area (Å²) in [5.41, 5.74) is 1.12. The molecule has 2 aliphatic heterocycles. The number of halogens is 3. The molecule has 0 amide bonds. The number of piperidine rings is 1. The maximum Gasteiger partial charge on any atom is 0.109 e. The average molecular weight is 442 g/mol. The van der Waals surface area contributed by atoms with Crippen LogP contribution in [0.4, 0.5) is 0 Å². The van der Waals surface area contributed by atoms with E-state index in [2.05, 4.69) is 17.1 Å². The summed E-state index contributed by atoms with van der Waals surface area (Å²) in [6.07, 6.45) is 1.03. The third kappa shape index (κ3) is 6.44. The Morgan fingerprint density at radius 2 is 1.93 bits per heavy atom. The smallest absolute Gasteiger partial charge is 0.109 e. The topological polar surface area (TPSA) is 65.0 Å². The van der Waals surface area contributed by atoms with Crippen molar-refractivity contribution >= 4 is 36.4 Å². The van der Waals surface area contributed by atoms with Gasteiger partial charge in [-0.15, -0.1) is 24.8 Å². The lowest BCUT2D eigenvalue weighted by Crippen LogP contribution is -2.53. The lowest BCUT2D eigenvalue weighted by atomic mass is 9.94.